The van der Waals surface area contributed by atoms with Gasteiger partial charge in [-0.3, -0.25) is 0 Å². The molecule has 0 unspecified atom stereocenters. The van der Waals surface area contributed by atoms with Crippen molar-refractivity contribution in [2.75, 3.05) is 13.2 Å². The summed E-state index contributed by atoms with van der Waals surface area (Å²) in [7, 11) is 0. The number of carboxylic acid groups (broad SMARTS) is 1. The molecule has 0 saturated heterocycles. The second kappa shape index (κ2) is 8.44. The van der Waals surface area contributed by atoms with E-state index in [1.807, 2.05) is 0 Å². The predicted octanol–water partition coefficient (Wildman–Crippen LogP) is 2.69. The van der Waals surface area contributed by atoms with E-state index in [1.165, 1.54) is 13.0 Å². The molecule has 0 aliphatic carbocycles. The third-order valence-electron chi connectivity index (χ3n) is 2.09. The second-order valence-electron chi connectivity index (χ2n) is 3.64. The van der Waals surface area contributed by atoms with Crippen molar-refractivity contribution in [3.63, 3.8) is 0 Å². The Hall–Kier alpha value is -1.65. The molecule has 4 heteroatoms. The summed E-state index contributed by atoms with van der Waals surface area (Å²) < 4.78 is 11.1. The predicted molar refractivity (Wildman–Crippen MR) is 71.2 cm³/mol. The van der Waals surface area contributed by atoms with Gasteiger partial charge < -0.3 is 14.6 Å². The molecule has 0 fully saturated rings. The highest BCUT2D eigenvalue weighted by Crippen LogP contribution is 2.23. The van der Waals surface area contributed by atoms with E-state index in [1.54, 1.807) is 18.2 Å². The van der Waals surface area contributed by atoms with Gasteiger partial charge >= 0.3 is 5.97 Å². The molecule has 0 amide bonds. The van der Waals surface area contributed by atoms with Crippen LogP contribution >= 0.6 is 0 Å². The highest BCUT2D eigenvalue weighted by atomic mass is 16.7. The van der Waals surface area contributed by atoms with Crippen molar-refractivity contribution in [1.82, 2.24) is 0 Å². The number of carboxylic acids is 1. The first-order valence-corrected chi connectivity index (χ1v) is 5.54. The summed E-state index contributed by atoms with van der Waals surface area (Å²) in [5.41, 5.74) is 0.143. The molecule has 1 N–H and O–H groups in total. The van der Waals surface area contributed by atoms with Crippen LogP contribution in [0.5, 0.6) is 0 Å². The van der Waals surface area contributed by atoms with Crippen LogP contribution in [0.2, 0.25) is 0 Å². The van der Waals surface area contributed by atoms with Crippen molar-refractivity contribution in [3.05, 3.63) is 49.6 Å². The van der Waals surface area contributed by atoms with E-state index >= 15 is 0 Å². The standard InChI is InChI=1S/C14H20O4/c1-5-8-14(17-9-6-2,18-10-7-3)11-12(4)13(15)16/h5-7,11H,1-3,8-10H2,4H3,(H,15,16). The maximum atomic E-state index is 10.9. The molecule has 0 spiro atoms. The molecule has 0 rings (SSSR count). The second-order valence-corrected chi connectivity index (χ2v) is 3.64. The third-order valence-corrected chi connectivity index (χ3v) is 2.09. The van der Waals surface area contributed by atoms with Crippen molar-refractivity contribution in [2.24, 2.45) is 0 Å². The molecule has 0 bridgehead atoms. The molecule has 0 atom stereocenters. The van der Waals surface area contributed by atoms with E-state index in [4.69, 9.17) is 14.6 Å². The summed E-state index contributed by atoms with van der Waals surface area (Å²) in [6.07, 6.45) is 6.51. The number of hydrogen-bond donors (Lipinski definition) is 1. The normalized spacial score (nSPS) is 11.9. The Bertz CT molecular complexity index is 330. The molecule has 0 saturated carbocycles. The summed E-state index contributed by atoms with van der Waals surface area (Å²) in [4.78, 5) is 10.9. The Morgan fingerprint density at radius 2 is 1.67 bits per heavy atom. The van der Waals surface area contributed by atoms with Gasteiger partial charge in [0.15, 0.2) is 5.79 Å². The molecule has 0 aromatic heterocycles. The van der Waals surface area contributed by atoms with Crippen LogP contribution in [0, 0.1) is 0 Å². The quantitative estimate of drug-likeness (QED) is 0.369. The molecule has 0 aromatic carbocycles. The van der Waals surface area contributed by atoms with Crippen LogP contribution in [0.4, 0.5) is 0 Å². The minimum atomic E-state index is -1.15. The van der Waals surface area contributed by atoms with Crippen LogP contribution in [0.25, 0.3) is 0 Å². The van der Waals surface area contributed by atoms with E-state index in [-0.39, 0.29) is 18.8 Å². The smallest absolute Gasteiger partial charge is 0.331 e. The van der Waals surface area contributed by atoms with Crippen molar-refractivity contribution in [3.8, 4) is 0 Å². The topological polar surface area (TPSA) is 55.8 Å². The molecule has 0 aromatic rings. The first-order valence-electron chi connectivity index (χ1n) is 5.54. The van der Waals surface area contributed by atoms with Crippen molar-refractivity contribution < 1.29 is 19.4 Å². The molecule has 18 heavy (non-hydrogen) atoms. The highest BCUT2D eigenvalue weighted by Gasteiger charge is 2.28. The molecule has 0 radical (unpaired) electrons. The van der Waals surface area contributed by atoms with Crippen LogP contribution in [-0.2, 0) is 14.3 Å². The van der Waals surface area contributed by atoms with Crippen molar-refractivity contribution in [1.29, 1.82) is 0 Å². The lowest BCUT2D eigenvalue weighted by Crippen LogP contribution is -2.34. The van der Waals surface area contributed by atoms with Crippen LogP contribution in [0.15, 0.2) is 49.6 Å². The average molecular weight is 252 g/mol. The summed E-state index contributed by atoms with van der Waals surface area (Å²) in [6, 6.07) is 0. The summed E-state index contributed by atoms with van der Waals surface area (Å²) in [5.74, 6) is -2.17. The van der Waals surface area contributed by atoms with Crippen LogP contribution < -0.4 is 0 Å². The fraction of sp³-hybridized carbons (Fsp3) is 0.357. The van der Waals surface area contributed by atoms with Gasteiger partial charge in [-0.05, 0) is 13.0 Å². The van der Waals surface area contributed by atoms with Crippen LogP contribution in [0.3, 0.4) is 0 Å². The van der Waals surface area contributed by atoms with Gasteiger partial charge in [-0.15, -0.1) is 19.7 Å². The molecule has 0 aliphatic heterocycles. The van der Waals surface area contributed by atoms with Crippen molar-refractivity contribution in [2.45, 2.75) is 19.1 Å². The molecular formula is C14H20O4. The highest BCUT2D eigenvalue weighted by molar-refractivity contribution is 5.85. The van der Waals surface area contributed by atoms with E-state index in [0.717, 1.165) is 0 Å². The monoisotopic (exact) mass is 252 g/mol. The van der Waals surface area contributed by atoms with Gasteiger partial charge in [0.05, 0.1) is 13.2 Å². The maximum Gasteiger partial charge on any atom is 0.331 e. The van der Waals surface area contributed by atoms with Crippen LogP contribution in [-0.4, -0.2) is 30.1 Å². The molecule has 0 heterocycles. The summed E-state index contributed by atoms with van der Waals surface area (Å²) in [6.45, 7) is 12.7. The van der Waals surface area contributed by atoms with Gasteiger partial charge in [-0.25, -0.2) is 4.79 Å². The van der Waals surface area contributed by atoms with Gasteiger partial charge in [0.1, 0.15) is 0 Å². The first kappa shape index (κ1) is 16.4. The lowest BCUT2D eigenvalue weighted by Gasteiger charge is -2.29. The zero-order chi connectivity index (χ0) is 14.0. The lowest BCUT2D eigenvalue weighted by molar-refractivity contribution is -0.189. The fourth-order valence-corrected chi connectivity index (χ4v) is 1.29. The number of aliphatic carboxylic acids is 1. The minimum absolute atomic E-state index is 0.143. The minimum Gasteiger partial charge on any atom is -0.478 e. The Kier molecular flexibility index (Phi) is 7.67. The van der Waals surface area contributed by atoms with E-state index in [0.29, 0.717) is 6.42 Å². The summed E-state index contributed by atoms with van der Waals surface area (Å²) >= 11 is 0. The number of rotatable bonds is 10. The maximum absolute atomic E-state index is 10.9. The Labute approximate surface area is 108 Å². The zero-order valence-electron chi connectivity index (χ0n) is 10.7. The lowest BCUT2D eigenvalue weighted by atomic mass is 10.1. The van der Waals surface area contributed by atoms with Crippen molar-refractivity contribution >= 4 is 5.97 Å². The van der Waals surface area contributed by atoms with E-state index in [2.05, 4.69) is 19.7 Å². The van der Waals surface area contributed by atoms with Gasteiger partial charge in [-0.2, -0.15) is 0 Å². The Morgan fingerprint density at radius 1 is 1.17 bits per heavy atom. The number of hydrogen-bond acceptors (Lipinski definition) is 3. The summed E-state index contributed by atoms with van der Waals surface area (Å²) in [5, 5.41) is 8.92. The first-order chi connectivity index (χ1) is 8.51. The van der Waals surface area contributed by atoms with Crippen LogP contribution in [0.1, 0.15) is 13.3 Å². The largest absolute Gasteiger partial charge is 0.478 e. The van der Waals surface area contributed by atoms with Gasteiger partial charge in [0, 0.05) is 12.0 Å². The number of carbonyl (C=O) groups is 1. The van der Waals surface area contributed by atoms with E-state index in [9.17, 15) is 4.79 Å². The Balaban J connectivity index is 5.20. The fourth-order valence-electron chi connectivity index (χ4n) is 1.29. The van der Waals surface area contributed by atoms with E-state index < -0.39 is 11.8 Å². The Morgan fingerprint density at radius 3 is 2.00 bits per heavy atom. The SMILES string of the molecule is C=CCOC(C=C(C)C(=O)O)(CC=C)OCC=C. The number of ether oxygens (including phenoxy) is 2. The average Bonchev–Trinajstić information content (AvgIpc) is 2.34. The molecular weight excluding hydrogens is 232 g/mol. The molecule has 4 nitrogen and oxygen atoms in total. The zero-order valence-corrected chi connectivity index (χ0v) is 10.7. The van der Waals surface area contributed by atoms with Gasteiger partial charge in [0.25, 0.3) is 0 Å². The van der Waals surface area contributed by atoms with Gasteiger partial charge in [0.2, 0.25) is 0 Å². The molecule has 100 valence electrons. The third kappa shape index (κ3) is 5.61. The van der Waals surface area contributed by atoms with Gasteiger partial charge in [-0.1, -0.05) is 18.2 Å². The molecule has 0 aliphatic rings.